The average molecular weight is 391 g/mol. The molecule has 9 heteroatoms. The molecule has 0 unspecified atom stereocenters. The van der Waals surface area contributed by atoms with Gasteiger partial charge in [-0.1, -0.05) is 29.0 Å². The predicted molar refractivity (Wildman–Crippen MR) is 102 cm³/mol. The van der Waals surface area contributed by atoms with E-state index in [0.717, 1.165) is 52.7 Å². The lowest BCUT2D eigenvalue weighted by molar-refractivity contribution is -0.131. The van der Waals surface area contributed by atoms with Crippen molar-refractivity contribution in [3.8, 4) is 0 Å². The fraction of sp³-hybridized carbons (Fsp3) is 0.412. The first-order valence-electron chi connectivity index (χ1n) is 8.56. The van der Waals surface area contributed by atoms with Crippen molar-refractivity contribution in [1.82, 2.24) is 24.7 Å². The first-order chi connectivity index (χ1) is 12.6. The van der Waals surface area contributed by atoms with Crippen LogP contribution in [0.5, 0.6) is 0 Å². The minimum Gasteiger partial charge on any atom is -0.368 e. The molecule has 1 amide bonds. The maximum Gasteiger partial charge on any atom is 0.234 e. The molecule has 0 radical (unpaired) electrons. The number of benzene rings is 1. The summed E-state index contributed by atoms with van der Waals surface area (Å²) in [4.78, 5) is 17.5. The van der Waals surface area contributed by atoms with Gasteiger partial charge in [0.15, 0.2) is 5.82 Å². The maximum atomic E-state index is 12.5. The van der Waals surface area contributed by atoms with Gasteiger partial charge in [-0.15, -0.1) is 10.2 Å². The fourth-order valence-electron chi connectivity index (χ4n) is 3.11. The van der Waals surface area contributed by atoms with E-state index in [1.807, 2.05) is 30.0 Å². The smallest absolute Gasteiger partial charge is 0.234 e. The van der Waals surface area contributed by atoms with Crippen molar-refractivity contribution >= 4 is 39.5 Å². The third-order valence-corrected chi connectivity index (χ3v) is 5.74. The average Bonchev–Trinajstić information content (AvgIpc) is 3.21. The molecule has 0 N–H and O–H groups in total. The molecule has 0 aliphatic carbocycles. The Morgan fingerprint density at radius 3 is 2.77 bits per heavy atom. The van der Waals surface area contributed by atoms with Crippen LogP contribution in [0.2, 0.25) is 5.02 Å². The number of aryl methyl sites for hydroxylation is 2. The Labute approximate surface area is 160 Å². The van der Waals surface area contributed by atoms with Crippen LogP contribution in [0, 0.1) is 6.92 Å². The molecule has 7 nitrogen and oxygen atoms in total. The molecule has 0 spiro atoms. The van der Waals surface area contributed by atoms with E-state index in [4.69, 9.17) is 11.6 Å². The van der Waals surface area contributed by atoms with Gasteiger partial charge in [-0.25, -0.2) is 0 Å². The van der Waals surface area contributed by atoms with E-state index in [0.29, 0.717) is 12.8 Å². The summed E-state index contributed by atoms with van der Waals surface area (Å²) in [5, 5.41) is 14.2. The molecule has 1 saturated heterocycles. The van der Waals surface area contributed by atoms with Crippen LogP contribution in [0.15, 0.2) is 24.3 Å². The van der Waals surface area contributed by atoms with E-state index in [1.165, 1.54) is 11.3 Å². The Kier molecular flexibility index (Phi) is 4.78. The van der Waals surface area contributed by atoms with Crippen molar-refractivity contribution < 1.29 is 4.79 Å². The normalized spacial score (nSPS) is 15.0. The quantitative estimate of drug-likeness (QED) is 0.684. The van der Waals surface area contributed by atoms with Gasteiger partial charge in [0.2, 0.25) is 10.9 Å². The van der Waals surface area contributed by atoms with Crippen LogP contribution in [0.25, 0.3) is 4.96 Å². The first-order valence-corrected chi connectivity index (χ1v) is 9.75. The number of carbonyl (C=O) groups is 1. The van der Waals surface area contributed by atoms with Crippen LogP contribution in [-0.4, -0.2) is 56.8 Å². The third kappa shape index (κ3) is 3.52. The molecular weight excluding hydrogens is 372 g/mol. The minimum absolute atomic E-state index is 0.179. The Morgan fingerprint density at radius 2 is 2.04 bits per heavy atom. The Balaban J connectivity index is 1.30. The number of aromatic nitrogens is 4. The number of piperazine rings is 1. The fourth-order valence-corrected chi connectivity index (χ4v) is 4.18. The summed E-state index contributed by atoms with van der Waals surface area (Å²) in [5.74, 6) is 0.949. The largest absolute Gasteiger partial charge is 0.368 e. The number of hydrogen-bond donors (Lipinski definition) is 0. The van der Waals surface area contributed by atoms with Gasteiger partial charge in [-0.05, 0) is 25.1 Å². The lowest BCUT2D eigenvalue weighted by Crippen LogP contribution is -2.48. The molecule has 1 aromatic carbocycles. The van der Waals surface area contributed by atoms with Crippen molar-refractivity contribution in [3.63, 3.8) is 0 Å². The number of fused-ring (bicyclic) bond motifs is 1. The van der Waals surface area contributed by atoms with E-state index in [1.54, 1.807) is 4.52 Å². The van der Waals surface area contributed by atoms with Gasteiger partial charge in [-0.3, -0.25) is 4.79 Å². The molecule has 2 aromatic heterocycles. The molecule has 136 valence electrons. The van der Waals surface area contributed by atoms with Crippen LogP contribution in [0.4, 0.5) is 5.69 Å². The molecule has 26 heavy (non-hydrogen) atoms. The second kappa shape index (κ2) is 7.20. The van der Waals surface area contributed by atoms with Gasteiger partial charge in [0, 0.05) is 49.7 Å². The molecule has 4 rings (SSSR count). The number of nitrogens with zero attached hydrogens (tertiary/aromatic N) is 6. The molecule has 0 saturated carbocycles. The van der Waals surface area contributed by atoms with Crippen molar-refractivity contribution in [3.05, 3.63) is 40.1 Å². The summed E-state index contributed by atoms with van der Waals surface area (Å²) >= 11 is 7.56. The number of carbonyl (C=O) groups excluding carboxylic acids is 1. The highest BCUT2D eigenvalue weighted by atomic mass is 35.5. The monoisotopic (exact) mass is 390 g/mol. The van der Waals surface area contributed by atoms with Crippen LogP contribution in [0.3, 0.4) is 0 Å². The predicted octanol–water partition coefficient (Wildman–Crippen LogP) is 2.43. The maximum absolute atomic E-state index is 12.5. The first kappa shape index (κ1) is 17.2. The number of hydrogen-bond acceptors (Lipinski definition) is 6. The highest BCUT2D eigenvalue weighted by molar-refractivity contribution is 7.16. The Bertz CT molecular complexity index is 930. The molecule has 3 aromatic rings. The molecule has 1 aliphatic heterocycles. The zero-order valence-corrected chi connectivity index (χ0v) is 16.0. The van der Waals surface area contributed by atoms with Crippen LogP contribution in [-0.2, 0) is 11.2 Å². The summed E-state index contributed by atoms with van der Waals surface area (Å²) in [5.41, 5.74) is 1.11. The van der Waals surface area contributed by atoms with Crippen LogP contribution in [0.1, 0.15) is 17.3 Å². The van der Waals surface area contributed by atoms with Crippen molar-refractivity contribution in [2.24, 2.45) is 0 Å². The Morgan fingerprint density at radius 1 is 1.23 bits per heavy atom. The topological polar surface area (TPSA) is 66.6 Å². The Hall–Kier alpha value is -2.19. The number of anilines is 1. The number of amides is 1. The summed E-state index contributed by atoms with van der Waals surface area (Å²) in [7, 11) is 0. The van der Waals surface area contributed by atoms with Gasteiger partial charge in [-0.2, -0.15) is 9.61 Å². The van der Waals surface area contributed by atoms with Gasteiger partial charge in [0.05, 0.1) is 0 Å². The van der Waals surface area contributed by atoms with E-state index < -0.39 is 0 Å². The number of rotatable bonds is 4. The molecule has 1 fully saturated rings. The van der Waals surface area contributed by atoms with E-state index in [9.17, 15) is 4.79 Å². The molecular formula is C17H19ClN6OS. The second-order valence-electron chi connectivity index (χ2n) is 6.29. The van der Waals surface area contributed by atoms with Gasteiger partial charge in [0.25, 0.3) is 0 Å². The second-order valence-corrected chi connectivity index (χ2v) is 7.76. The van der Waals surface area contributed by atoms with Gasteiger partial charge < -0.3 is 9.80 Å². The highest BCUT2D eigenvalue weighted by Crippen LogP contribution is 2.21. The third-order valence-electron chi connectivity index (χ3n) is 4.55. The zero-order chi connectivity index (χ0) is 18.1. The molecule has 0 atom stereocenters. The van der Waals surface area contributed by atoms with Crippen molar-refractivity contribution in [2.75, 3.05) is 31.1 Å². The zero-order valence-electron chi connectivity index (χ0n) is 14.4. The summed E-state index contributed by atoms with van der Waals surface area (Å²) in [6, 6.07) is 7.85. The van der Waals surface area contributed by atoms with Crippen molar-refractivity contribution in [1.29, 1.82) is 0 Å². The van der Waals surface area contributed by atoms with E-state index >= 15 is 0 Å². The van der Waals surface area contributed by atoms with Crippen molar-refractivity contribution in [2.45, 2.75) is 19.8 Å². The standard InChI is InChI=1S/C17H19ClN6OS/c1-12-19-20-17-24(12)21-15(26-17)5-6-16(25)23-9-7-22(8-10-23)14-4-2-3-13(18)11-14/h2-4,11H,5-10H2,1H3. The molecule has 1 aliphatic rings. The minimum atomic E-state index is 0.179. The van der Waals surface area contributed by atoms with Gasteiger partial charge in [0.1, 0.15) is 5.01 Å². The lowest BCUT2D eigenvalue weighted by Gasteiger charge is -2.36. The lowest BCUT2D eigenvalue weighted by atomic mass is 10.2. The van der Waals surface area contributed by atoms with E-state index in [2.05, 4.69) is 26.3 Å². The SMILES string of the molecule is Cc1nnc2sc(CCC(=O)N3CCN(c4cccc(Cl)c4)CC3)nn12. The highest BCUT2D eigenvalue weighted by Gasteiger charge is 2.21. The van der Waals surface area contributed by atoms with Crippen LogP contribution < -0.4 is 4.90 Å². The van der Waals surface area contributed by atoms with Crippen LogP contribution >= 0.6 is 22.9 Å². The van der Waals surface area contributed by atoms with Gasteiger partial charge >= 0.3 is 0 Å². The summed E-state index contributed by atoms with van der Waals surface area (Å²) in [6.45, 7) is 4.98. The van der Waals surface area contributed by atoms with E-state index in [-0.39, 0.29) is 5.91 Å². The summed E-state index contributed by atoms with van der Waals surface area (Å²) in [6.07, 6.45) is 1.11. The molecule has 0 bridgehead atoms. The summed E-state index contributed by atoms with van der Waals surface area (Å²) < 4.78 is 1.73. The molecule has 3 heterocycles. The number of halogens is 1.